The highest BCUT2D eigenvalue weighted by atomic mass is 16.2. The number of fused-ring (bicyclic) bond motifs is 2. The summed E-state index contributed by atoms with van der Waals surface area (Å²) in [7, 11) is 0. The Bertz CT molecular complexity index is 401. The smallest absolute Gasteiger partial charge is 0.317 e. The van der Waals surface area contributed by atoms with Crippen LogP contribution in [0.4, 0.5) is 4.79 Å². The number of amides is 2. The fourth-order valence-corrected chi connectivity index (χ4v) is 5.25. The van der Waals surface area contributed by atoms with E-state index in [0.717, 1.165) is 25.4 Å². The SMILES string of the molecule is CC1CCCN(C(=O)NC2C3(C)CCC(C3)C2(C)C)C1. The predicted molar refractivity (Wildman–Crippen MR) is 81.5 cm³/mol. The van der Waals surface area contributed by atoms with Crippen LogP contribution in [-0.4, -0.2) is 30.1 Å². The van der Waals surface area contributed by atoms with E-state index in [4.69, 9.17) is 0 Å². The molecule has 0 aromatic heterocycles. The molecule has 2 saturated carbocycles. The summed E-state index contributed by atoms with van der Waals surface area (Å²) in [4.78, 5) is 14.7. The second kappa shape index (κ2) is 4.64. The van der Waals surface area contributed by atoms with E-state index >= 15 is 0 Å². The van der Waals surface area contributed by atoms with E-state index < -0.39 is 0 Å². The zero-order chi connectivity index (χ0) is 14.5. The monoisotopic (exact) mass is 278 g/mol. The van der Waals surface area contributed by atoms with Crippen LogP contribution in [0.15, 0.2) is 0 Å². The second-order valence-electron chi connectivity index (χ2n) is 8.49. The predicted octanol–water partition coefficient (Wildman–Crippen LogP) is 3.64. The van der Waals surface area contributed by atoms with E-state index in [0.29, 0.717) is 17.4 Å². The molecule has 114 valence electrons. The van der Waals surface area contributed by atoms with Gasteiger partial charge in [0.05, 0.1) is 0 Å². The first-order valence-corrected chi connectivity index (χ1v) is 8.38. The minimum atomic E-state index is 0.184. The van der Waals surface area contributed by atoms with Crippen LogP contribution in [-0.2, 0) is 0 Å². The lowest BCUT2D eigenvalue weighted by Crippen LogP contribution is -2.56. The lowest BCUT2D eigenvalue weighted by atomic mass is 9.68. The summed E-state index contributed by atoms with van der Waals surface area (Å²) in [6.45, 7) is 11.2. The minimum Gasteiger partial charge on any atom is -0.334 e. The summed E-state index contributed by atoms with van der Waals surface area (Å²) in [5, 5.41) is 3.42. The number of piperidine rings is 1. The molecule has 0 aromatic rings. The first-order chi connectivity index (χ1) is 9.33. The molecule has 4 atom stereocenters. The van der Waals surface area contributed by atoms with E-state index in [1.807, 2.05) is 4.90 Å². The normalized spacial score (nSPS) is 42.8. The molecule has 0 aromatic carbocycles. The van der Waals surface area contributed by atoms with Crippen LogP contribution >= 0.6 is 0 Å². The Balaban J connectivity index is 1.69. The van der Waals surface area contributed by atoms with E-state index in [9.17, 15) is 4.79 Å². The molecule has 4 unspecified atom stereocenters. The van der Waals surface area contributed by atoms with Gasteiger partial charge in [-0.25, -0.2) is 4.79 Å². The third-order valence-electron chi connectivity index (χ3n) is 6.48. The Kier molecular flexibility index (Phi) is 3.30. The van der Waals surface area contributed by atoms with Gasteiger partial charge in [-0.15, -0.1) is 0 Å². The van der Waals surface area contributed by atoms with Crippen molar-refractivity contribution in [2.24, 2.45) is 22.7 Å². The number of hydrogen-bond donors (Lipinski definition) is 1. The average molecular weight is 278 g/mol. The molecule has 3 rings (SSSR count). The van der Waals surface area contributed by atoms with Crippen LogP contribution < -0.4 is 5.32 Å². The molecule has 0 spiro atoms. The van der Waals surface area contributed by atoms with Gasteiger partial charge in [-0.2, -0.15) is 0 Å². The topological polar surface area (TPSA) is 32.3 Å². The Morgan fingerprint density at radius 3 is 2.60 bits per heavy atom. The van der Waals surface area contributed by atoms with Crippen LogP contribution in [0.5, 0.6) is 0 Å². The molecule has 2 amide bonds. The summed E-state index contributed by atoms with van der Waals surface area (Å²) in [6.07, 6.45) is 6.33. The van der Waals surface area contributed by atoms with Gasteiger partial charge >= 0.3 is 6.03 Å². The molecule has 3 heteroatoms. The third-order valence-corrected chi connectivity index (χ3v) is 6.48. The molecule has 1 aliphatic heterocycles. The van der Waals surface area contributed by atoms with Crippen LogP contribution in [0.3, 0.4) is 0 Å². The van der Waals surface area contributed by atoms with E-state index in [-0.39, 0.29) is 11.4 Å². The Morgan fingerprint density at radius 1 is 1.25 bits per heavy atom. The third kappa shape index (κ3) is 2.14. The van der Waals surface area contributed by atoms with Crippen molar-refractivity contribution < 1.29 is 4.79 Å². The summed E-state index contributed by atoms with van der Waals surface area (Å²) in [5.74, 6) is 1.44. The molecule has 3 nitrogen and oxygen atoms in total. The van der Waals surface area contributed by atoms with E-state index in [1.54, 1.807) is 0 Å². The standard InChI is InChI=1S/C17H30N2O/c1-12-6-5-9-19(11-12)15(20)18-14-16(2,3)13-7-8-17(14,4)10-13/h12-14H,5-11H2,1-4H3,(H,18,20). The van der Waals surface area contributed by atoms with Crippen molar-refractivity contribution >= 4 is 6.03 Å². The molecule has 1 N–H and O–H groups in total. The number of nitrogens with one attached hydrogen (secondary N) is 1. The van der Waals surface area contributed by atoms with Crippen LogP contribution in [0.1, 0.15) is 59.8 Å². The van der Waals surface area contributed by atoms with Crippen molar-refractivity contribution in [3.05, 3.63) is 0 Å². The first kappa shape index (κ1) is 14.2. The van der Waals surface area contributed by atoms with Gasteiger partial charge in [0.2, 0.25) is 0 Å². The van der Waals surface area contributed by atoms with Gasteiger partial charge in [0.1, 0.15) is 0 Å². The molecule has 3 aliphatic rings. The van der Waals surface area contributed by atoms with Crippen molar-refractivity contribution in [3.8, 4) is 0 Å². The highest BCUT2D eigenvalue weighted by molar-refractivity contribution is 5.75. The highest BCUT2D eigenvalue weighted by Crippen LogP contribution is 2.62. The largest absolute Gasteiger partial charge is 0.334 e. The highest BCUT2D eigenvalue weighted by Gasteiger charge is 2.59. The molecule has 2 aliphatic carbocycles. The van der Waals surface area contributed by atoms with Gasteiger partial charge < -0.3 is 10.2 Å². The lowest BCUT2D eigenvalue weighted by Gasteiger charge is -2.44. The van der Waals surface area contributed by atoms with Gasteiger partial charge in [-0.1, -0.05) is 27.7 Å². The number of carbonyl (C=O) groups excluding carboxylic acids is 1. The Morgan fingerprint density at radius 2 is 2.00 bits per heavy atom. The van der Waals surface area contributed by atoms with Gasteiger partial charge in [0, 0.05) is 19.1 Å². The van der Waals surface area contributed by atoms with Crippen LogP contribution in [0.2, 0.25) is 0 Å². The van der Waals surface area contributed by atoms with E-state index in [1.165, 1.54) is 25.7 Å². The zero-order valence-corrected chi connectivity index (χ0v) is 13.5. The molecule has 3 fully saturated rings. The van der Waals surface area contributed by atoms with Crippen molar-refractivity contribution in [3.63, 3.8) is 0 Å². The summed E-state index contributed by atoms with van der Waals surface area (Å²) < 4.78 is 0. The maximum Gasteiger partial charge on any atom is 0.317 e. The summed E-state index contributed by atoms with van der Waals surface area (Å²) >= 11 is 0. The molecule has 20 heavy (non-hydrogen) atoms. The lowest BCUT2D eigenvalue weighted by molar-refractivity contribution is 0.0995. The molecule has 0 radical (unpaired) electrons. The van der Waals surface area contributed by atoms with Gasteiger partial charge in [0.25, 0.3) is 0 Å². The zero-order valence-electron chi connectivity index (χ0n) is 13.5. The molecular formula is C17H30N2O. The maximum atomic E-state index is 12.6. The number of nitrogens with zero attached hydrogens (tertiary/aromatic N) is 1. The number of likely N-dealkylation sites (tertiary alicyclic amines) is 1. The van der Waals surface area contributed by atoms with Crippen molar-refractivity contribution in [1.82, 2.24) is 10.2 Å². The quantitative estimate of drug-likeness (QED) is 0.780. The number of carbonyl (C=O) groups is 1. The second-order valence-corrected chi connectivity index (χ2v) is 8.49. The van der Waals surface area contributed by atoms with Crippen molar-refractivity contribution in [2.45, 2.75) is 65.8 Å². The first-order valence-electron chi connectivity index (χ1n) is 8.38. The van der Waals surface area contributed by atoms with Gasteiger partial charge in [0.15, 0.2) is 0 Å². The average Bonchev–Trinajstić information content (AvgIpc) is 2.85. The summed E-state index contributed by atoms with van der Waals surface area (Å²) in [5.41, 5.74) is 0.579. The minimum absolute atomic E-state index is 0.184. The number of urea groups is 1. The number of hydrogen-bond acceptors (Lipinski definition) is 1. The molecule has 1 saturated heterocycles. The number of rotatable bonds is 1. The van der Waals surface area contributed by atoms with Crippen molar-refractivity contribution in [2.75, 3.05) is 13.1 Å². The van der Waals surface area contributed by atoms with Crippen LogP contribution in [0.25, 0.3) is 0 Å². The maximum absolute atomic E-state index is 12.6. The summed E-state index contributed by atoms with van der Waals surface area (Å²) in [6, 6.07) is 0.530. The van der Waals surface area contributed by atoms with Gasteiger partial charge in [-0.05, 0) is 54.8 Å². The molecular weight excluding hydrogens is 248 g/mol. The fraction of sp³-hybridized carbons (Fsp3) is 0.941. The fourth-order valence-electron chi connectivity index (χ4n) is 5.25. The molecule has 2 bridgehead atoms. The molecule has 1 heterocycles. The van der Waals surface area contributed by atoms with Crippen LogP contribution in [0, 0.1) is 22.7 Å². The van der Waals surface area contributed by atoms with Crippen molar-refractivity contribution in [1.29, 1.82) is 0 Å². The van der Waals surface area contributed by atoms with E-state index in [2.05, 4.69) is 33.0 Å². The Hall–Kier alpha value is -0.730. The Labute approximate surface area is 123 Å². The van der Waals surface area contributed by atoms with Gasteiger partial charge in [-0.3, -0.25) is 0 Å².